The summed E-state index contributed by atoms with van der Waals surface area (Å²) in [6.45, 7) is 4.28. The molecular weight excluding hydrogens is 236 g/mol. The number of nitrogens with one attached hydrogen (secondary N) is 1. The molecule has 0 radical (unpaired) electrons. The fraction of sp³-hybridized carbons (Fsp3) is 0.438. The number of carbonyl (C=O) groups excluding carboxylic acids is 1. The van der Waals surface area contributed by atoms with E-state index in [2.05, 4.69) is 35.7 Å². The first-order valence-corrected chi connectivity index (χ1v) is 6.90. The molecule has 3 nitrogen and oxygen atoms in total. The molecule has 102 valence electrons. The van der Waals surface area contributed by atoms with Gasteiger partial charge in [-0.15, -0.1) is 0 Å². The van der Waals surface area contributed by atoms with Gasteiger partial charge in [-0.25, -0.2) is 0 Å². The average Bonchev–Trinajstić information content (AvgIpc) is 2.48. The van der Waals surface area contributed by atoms with Crippen molar-refractivity contribution in [3.8, 4) is 0 Å². The second-order valence-corrected chi connectivity index (χ2v) is 5.09. The first-order valence-electron chi connectivity index (χ1n) is 6.90. The first-order chi connectivity index (χ1) is 9.22. The zero-order valence-corrected chi connectivity index (χ0v) is 11.7. The summed E-state index contributed by atoms with van der Waals surface area (Å²) in [4.78, 5) is 14.1. The maximum Gasteiger partial charge on any atom is 0.226 e. The SMILES string of the molecule is CNCC(C)C(=O)N1CC=C(c2ccccc2)CC1. The normalized spacial score (nSPS) is 16.9. The van der Waals surface area contributed by atoms with Crippen molar-refractivity contribution in [2.45, 2.75) is 13.3 Å². The summed E-state index contributed by atoms with van der Waals surface area (Å²) in [5.74, 6) is 0.300. The Labute approximate surface area is 115 Å². The van der Waals surface area contributed by atoms with Crippen LogP contribution in [-0.4, -0.2) is 37.5 Å². The van der Waals surface area contributed by atoms with Gasteiger partial charge < -0.3 is 10.2 Å². The topological polar surface area (TPSA) is 32.3 Å². The maximum atomic E-state index is 12.2. The zero-order valence-electron chi connectivity index (χ0n) is 11.7. The third kappa shape index (κ3) is 3.44. The minimum absolute atomic E-state index is 0.0525. The predicted molar refractivity (Wildman–Crippen MR) is 78.7 cm³/mol. The highest BCUT2D eigenvalue weighted by atomic mass is 16.2. The van der Waals surface area contributed by atoms with Gasteiger partial charge in [0.25, 0.3) is 0 Å². The van der Waals surface area contributed by atoms with E-state index in [9.17, 15) is 4.79 Å². The molecule has 0 aliphatic carbocycles. The van der Waals surface area contributed by atoms with Gasteiger partial charge in [0.1, 0.15) is 0 Å². The second kappa shape index (κ2) is 6.53. The Kier molecular flexibility index (Phi) is 4.74. The smallest absolute Gasteiger partial charge is 0.226 e. The summed E-state index contributed by atoms with van der Waals surface area (Å²) in [5, 5.41) is 3.06. The molecule has 19 heavy (non-hydrogen) atoms. The molecule has 1 aromatic rings. The number of benzene rings is 1. The lowest BCUT2D eigenvalue weighted by Gasteiger charge is -2.29. The van der Waals surface area contributed by atoms with E-state index in [0.717, 1.165) is 26.1 Å². The lowest BCUT2D eigenvalue weighted by atomic mass is 9.99. The minimum atomic E-state index is 0.0525. The van der Waals surface area contributed by atoms with Gasteiger partial charge in [-0.05, 0) is 24.6 Å². The van der Waals surface area contributed by atoms with Gasteiger partial charge in [-0.3, -0.25) is 4.79 Å². The number of carbonyl (C=O) groups is 1. The van der Waals surface area contributed by atoms with Crippen molar-refractivity contribution in [3.05, 3.63) is 42.0 Å². The van der Waals surface area contributed by atoms with Gasteiger partial charge in [0.2, 0.25) is 5.91 Å². The molecule has 1 N–H and O–H groups in total. The van der Waals surface area contributed by atoms with Crippen molar-refractivity contribution >= 4 is 11.5 Å². The van der Waals surface area contributed by atoms with E-state index in [1.54, 1.807) is 0 Å². The quantitative estimate of drug-likeness (QED) is 0.897. The number of nitrogens with zero attached hydrogens (tertiary/aromatic N) is 1. The van der Waals surface area contributed by atoms with Crippen LogP contribution in [0.2, 0.25) is 0 Å². The molecule has 1 atom stereocenters. The summed E-state index contributed by atoms with van der Waals surface area (Å²) in [5.41, 5.74) is 2.63. The molecule has 0 saturated heterocycles. The number of amides is 1. The van der Waals surface area contributed by atoms with E-state index in [0.29, 0.717) is 0 Å². The molecule has 1 amide bonds. The molecule has 0 fully saturated rings. The summed E-state index contributed by atoms with van der Waals surface area (Å²) in [7, 11) is 1.88. The van der Waals surface area contributed by atoms with E-state index >= 15 is 0 Å². The van der Waals surface area contributed by atoms with Crippen molar-refractivity contribution in [1.29, 1.82) is 0 Å². The molecule has 0 spiro atoms. The van der Waals surface area contributed by atoms with Crippen LogP contribution in [0.25, 0.3) is 5.57 Å². The van der Waals surface area contributed by atoms with E-state index in [1.165, 1.54) is 11.1 Å². The van der Waals surface area contributed by atoms with Gasteiger partial charge in [0.05, 0.1) is 0 Å². The third-order valence-corrected chi connectivity index (χ3v) is 3.60. The minimum Gasteiger partial charge on any atom is -0.338 e. The fourth-order valence-electron chi connectivity index (χ4n) is 2.49. The summed E-state index contributed by atoms with van der Waals surface area (Å²) in [6.07, 6.45) is 3.13. The molecule has 2 rings (SSSR count). The number of hydrogen-bond donors (Lipinski definition) is 1. The summed E-state index contributed by atoms with van der Waals surface area (Å²) >= 11 is 0. The molecule has 1 aliphatic rings. The Balaban J connectivity index is 1.98. The van der Waals surface area contributed by atoms with Crippen LogP contribution in [0.15, 0.2) is 36.4 Å². The lowest BCUT2D eigenvalue weighted by Crippen LogP contribution is -2.40. The molecular formula is C16H22N2O. The average molecular weight is 258 g/mol. The van der Waals surface area contributed by atoms with E-state index in [1.807, 2.05) is 24.9 Å². The highest BCUT2D eigenvalue weighted by Crippen LogP contribution is 2.22. The van der Waals surface area contributed by atoms with Crippen LogP contribution in [0.1, 0.15) is 18.9 Å². The van der Waals surface area contributed by atoms with Crippen LogP contribution in [0.5, 0.6) is 0 Å². The van der Waals surface area contributed by atoms with Crippen molar-refractivity contribution in [2.75, 3.05) is 26.7 Å². The standard InChI is InChI=1S/C16H22N2O/c1-13(12-17-2)16(19)18-10-8-15(9-11-18)14-6-4-3-5-7-14/h3-8,13,17H,9-12H2,1-2H3. The molecule has 1 aliphatic heterocycles. The van der Waals surface area contributed by atoms with Crippen molar-refractivity contribution in [1.82, 2.24) is 10.2 Å². The highest BCUT2D eigenvalue weighted by Gasteiger charge is 2.21. The Morgan fingerprint density at radius 1 is 1.37 bits per heavy atom. The zero-order chi connectivity index (χ0) is 13.7. The largest absolute Gasteiger partial charge is 0.338 e. The molecule has 0 aromatic heterocycles. The Morgan fingerprint density at radius 2 is 2.11 bits per heavy atom. The summed E-state index contributed by atoms with van der Waals surface area (Å²) in [6, 6.07) is 10.4. The lowest BCUT2D eigenvalue weighted by molar-refractivity contribution is -0.134. The second-order valence-electron chi connectivity index (χ2n) is 5.09. The number of hydrogen-bond acceptors (Lipinski definition) is 2. The maximum absolute atomic E-state index is 12.2. The van der Waals surface area contributed by atoms with E-state index in [-0.39, 0.29) is 11.8 Å². The van der Waals surface area contributed by atoms with Crippen LogP contribution < -0.4 is 5.32 Å². The van der Waals surface area contributed by atoms with Crippen molar-refractivity contribution in [2.24, 2.45) is 5.92 Å². The molecule has 1 aromatic carbocycles. The molecule has 3 heteroatoms. The van der Waals surface area contributed by atoms with Gasteiger partial charge in [0.15, 0.2) is 0 Å². The van der Waals surface area contributed by atoms with Crippen LogP contribution >= 0.6 is 0 Å². The predicted octanol–water partition coefficient (Wildman–Crippen LogP) is 2.16. The third-order valence-electron chi connectivity index (χ3n) is 3.60. The van der Waals surface area contributed by atoms with Crippen LogP contribution in [0.4, 0.5) is 0 Å². The molecule has 0 bridgehead atoms. The van der Waals surface area contributed by atoms with E-state index < -0.39 is 0 Å². The molecule has 0 saturated carbocycles. The molecule has 1 unspecified atom stereocenters. The van der Waals surface area contributed by atoms with Gasteiger partial charge in [-0.2, -0.15) is 0 Å². The Bertz CT molecular complexity index is 453. The number of rotatable bonds is 4. The Morgan fingerprint density at radius 3 is 2.68 bits per heavy atom. The monoisotopic (exact) mass is 258 g/mol. The van der Waals surface area contributed by atoms with Crippen molar-refractivity contribution in [3.63, 3.8) is 0 Å². The molecule has 1 heterocycles. The van der Waals surface area contributed by atoms with Crippen LogP contribution in [0, 0.1) is 5.92 Å². The van der Waals surface area contributed by atoms with Crippen molar-refractivity contribution < 1.29 is 4.79 Å². The van der Waals surface area contributed by atoms with Crippen LogP contribution in [-0.2, 0) is 4.79 Å². The first kappa shape index (κ1) is 13.8. The highest BCUT2D eigenvalue weighted by molar-refractivity contribution is 5.80. The van der Waals surface area contributed by atoms with Crippen LogP contribution in [0.3, 0.4) is 0 Å². The fourth-order valence-corrected chi connectivity index (χ4v) is 2.49. The van der Waals surface area contributed by atoms with E-state index in [4.69, 9.17) is 0 Å². The Hall–Kier alpha value is -1.61. The summed E-state index contributed by atoms with van der Waals surface area (Å²) < 4.78 is 0. The van der Waals surface area contributed by atoms with Gasteiger partial charge >= 0.3 is 0 Å². The van der Waals surface area contributed by atoms with Gasteiger partial charge in [-0.1, -0.05) is 43.3 Å². The van der Waals surface area contributed by atoms with Gasteiger partial charge in [0, 0.05) is 25.6 Å².